The van der Waals surface area contributed by atoms with Crippen molar-refractivity contribution in [3.63, 3.8) is 0 Å². The Morgan fingerprint density at radius 1 is 1.27 bits per heavy atom. The molecule has 0 aliphatic rings. The van der Waals surface area contributed by atoms with Crippen molar-refractivity contribution in [3.8, 4) is 5.75 Å². The fraction of sp³-hybridized carbons (Fsp3) is 0.200. The molecule has 0 spiro atoms. The molecular formula is C15H13ClO4S2. The van der Waals surface area contributed by atoms with Gasteiger partial charge in [-0.2, -0.15) is 0 Å². The van der Waals surface area contributed by atoms with E-state index in [1.807, 2.05) is 6.26 Å². The minimum atomic E-state index is -0.597. The van der Waals surface area contributed by atoms with Crippen LogP contribution in [-0.2, 0) is 4.74 Å². The number of methoxy groups -OCH3 is 1. The number of Topliss-reactive ketones (excluding diaryl/α,β-unsaturated/α-hetero) is 1. The maximum absolute atomic E-state index is 12.1. The molecule has 4 nitrogen and oxygen atoms in total. The molecule has 0 bridgehead atoms. The summed E-state index contributed by atoms with van der Waals surface area (Å²) in [7, 11) is 1.48. The van der Waals surface area contributed by atoms with Crippen molar-refractivity contribution in [1.29, 1.82) is 0 Å². The standard InChI is InChI=1S/C15H13ClO4S2/c1-19-12-7-9(21-2)3-4-10(12)15(18)20-8-11(17)13-5-6-14(16)22-13/h3-7H,8H2,1-2H3. The number of benzene rings is 1. The summed E-state index contributed by atoms with van der Waals surface area (Å²) in [5, 5.41) is 0. The molecule has 0 amide bonds. The second-order valence-corrected chi connectivity index (χ2v) is 6.76. The molecule has 1 heterocycles. The predicted molar refractivity (Wildman–Crippen MR) is 88.7 cm³/mol. The Morgan fingerprint density at radius 3 is 2.64 bits per heavy atom. The summed E-state index contributed by atoms with van der Waals surface area (Å²) in [5.74, 6) is -0.464. The number of hydrogen-bond acceptors (Lipinski definition) is 6. The van der Waals surface area contributed by atoms with Crippen LogP contribution in [0.5, 0.6) is 5.75 Å². The van der Waals surface area contributed by atoms with Crippen LogP contribution < -0.4 is 4.74 Å². The predicted octanol–water partition coefficient (Wildman–Crippen LogP) is 4.17. The Bertz CT molecular complexity index is 697. The Balaban J connectivity index is 2.04. The van der Waals surface area contributed by atoms with E-state index < -0.39 is 5.97 Å². The maximum Gasteiger partial charge on any atom is 0.342 e. The van der Waals surface area contributed by atoms with E-state index >= 15 is 0 Å². The Morgan fingerprint density at radius 2 is 2.05 bits per heavy atom. The lowest BCUT2D eigenvalue weighted by Crippen LogP contribution is -2.14. The lowest BCUT2D eigenvalue weighted by molar-refractivity contribution is 0.0472. The van der Waals surface area contributed by atoms with Crippen molar-refractivity contribution in [3.05, 3.63) is 45.1 Å². The number of rotatable bonds is 6. The van der Waals surface area contributed by atoms with Crippen LogP contribution in [0.15, 0.2) is 35.2 Å². The third kappa shape index (κ3) is 4.03. The Labute approximate surface area is 141 Å². The smallest absolute Gasteiger partial charge is 0.342 e. The number of esters is 1. The van der Waals surface area contributed by atoms with E-state index in [-0.39, 0.29) is 18.0 Å². The molecule has 2 rings (SSSR count). The Kier molecular flexibility index (Phi) is 5.88. The molecule has 0 aliphatic carbocycles. The van der Waals surface area contributed by atoms with Gasteiger partial charge in [0.25, 0.3) is 0 Å². The van der Waals surface area contributed by atoms with E-state index in [1.165, 1.54) is 18.9 Å². The van der Waals surface area contributed by atoms with Crippen LogP contribution in [0.2, 0.25) is 4.34 Å². The fourth-order valence-electron chi connectivity index (χ4n) is 1.71. The topological polar surface area (TPSA) is 52.6 Å². The van der Waals surface area contributed by atoms with Crippen molar-refractivity contribution in [2.24, 2.45) is 0 Å². The summed E-state index contributed by atoms with van der Waals surface area (Å²) in [6, 6.07) is 8.41. The zero-order chi connectivity index (χ0) is 16.1. The van der Waals surface area contributed by atoms with Gasteiger partial charge in [-0.05, 0) is 36.6 Å². The van der Waals surface area contributed by atoms with Crippen LogP contribution in [-0.4, -0.2) is 31.7 Å². The molecule has 22 heavy (non-hydrogen) atoms. The first-order valence-corrected chi connectivity index (χ1v) is 8.64. The van der Waals surface area contributed by atoms with Crippen molar-refractivity contribution < 1.29 is 19.1 Å². The summed E-state index contributed by atoms with van der Waals surface area (Å²) >= 11 is 8.46. The van der Waals surface area contributed by atoms with E-state index in [2.05, 4.69) is 0 Å². The number of halogens is 1. The number of ether oxygens (including phenoxy) is 2. The summed E-state index contributed by atoms with van der Waals surface area (Å²) in [6.07, 6.45) is 1.93. The lowest BCUT2D eigenvalue weighted by Gasteiger charge is -2.09. The first-order valence-electron chi connectivity index (χ1n) is 6.23. The van der Waals surface area contributed by atoms with Gasteiger partial charge in [0.1, 0.15) is 11.3 Å². The number of carbonyl (C=O) groups is 2. The van der Waals surface area contributed by atoms with E-state index in [1.54, 1.807) is 30.3 Å². The number of carbonyl (C=O) groups excluding carboxylic acids is 2. The highest BCUT2D eigenvalue weighted by molar-refractivity contribution is 7.98. The molecule has 0 N–H and O–H groups in total. The first-order chi connectivity index (χ1) is 10.5. The molecular weight excluding hydrogens is 344 g/mol. The van der Waals surface area contributed by atoms with Crippen LogP contribution in [0.4, 0.5) is 0 Å². The SMILES string of the molecule is COc1cc(SC)ccc1C(=O)OCC(=O)c1ccc(Cl)s1. The molecule has 116 valence electrons. The normalized spacial score (nSPS) is 10.3. The van der Waals surface area contributed by atoms with Crippen molar-refractivity contribution in [2.75, 3.05) is 20.0 Å². The van der Waals surface area contributed by atoms with Gasteiger partial charge in [-0.1, -0.05) is 11.6 Å². The highest BCUT2D eigenvalue weighted by Crippen LogP contribution is 2.26. The molecule has 0 aliphatic heterocycles. The maximum atomic E-state index is 12.1. The molecule has 0 saturated carbocycles. The summed E-state index contributed by atoms with van der Waals surface area (Å²) in [4.78, 5) is 25.4. The number of hydrogen-bond donors (Lipinski definition) is 0. The second kappa shape index (κ2) is 7.67. The third-order valence-electron chi connectivity index (χ3n) is 2.81. The van der Waals surface area contributed by atoms with E-state index in [9.17, 15) is 9.59 Å². The molecule has 0 atom stereocenters. The molecule has 7 heteroatoms. The number of thioether (sulfide) groups is 1. The fourth-order valence-corrected chi connectivity index (χ4v) is 3.11. The second-order valence-electron chi connectivity index (χ2n) is 4.17. The van der Waals surface area contributed by atoms with Crippen LogP contribution in [0.25, 0.3) is 0 Å². The third-order valence-corrected chi connectivity index (χ3v) is 4.81. The van der Waals surface area contributed by atoms with Crippen LogP contribution >= 0.6 is 34.7 Å². The zero-order valence-electron chi connectivity index (χ0n) is 11.9. The summed E-state index contributed by atoms with van der Waals surface area (Å²) in [5.41, 5.74) is 0.289. The minimum Gasteiger partial charge on any atom is -0.496 e. The van der Waals surface area contributed by atoms with Gasteiger partial charge in [0.2, 0.25) is 5.78 Å². The lowest BCUT2D eigenvalue weighted by atomic mass is 10.2. The molecule has 0 radical (unpaired) electrons. The summed E-state index contributed by atoms with van der Waals surface area (Å²) in [6.45, 7) is -0.330. The van der Waals surface area contributed by atoms with E-state index in [4.69, 9.17) is 21.1 Å². The largest absolute Gasteiger partial charge is 0.496 e. The van der Waals surface area contributed by atoms with Gasteiger partial charge in [0, 0.05) is 4.90 Å². The molecule has 1 aromatic heterocycles. The zero-order valence-corrected chi connectivity index (χ0v) is 14.3. The van der Waals surface area contributed by atoms with Crippen molar-refractivity contribution >= 4 is 46.5 Å². The van der Waals surface area contributed by atoms with E-state index in [0.717, 1.165) is 16.2 Å². The quantitative estimate of drug-likeness (QED) is 0.441. The summed E-state index contributed by atoms with van der Waals surface area (Å²) < 4.78 is 10.8. The number of thiophene rings is 1. The van der Waals surface area contributed by atoms with Gasteiger partial charge in [-0.3, -0.25) is 4.79 Å². The molecule has 0 fully saturated rings. The van der Waals surface area contributed by atoms with Crippen LogP contribution in [0, 0.1) is 0 Å². The number of ketones is 1. The Hall–Kier alpha value is -1.50. The van der Waals surface area contributed by atoms with Crippen LogP contribution in [0.3, 0.4) is 0 Å². The molecule has 0 unspecified atom stereocenters. The highest BCUT2D eigenvalue weighted by Gasteiger charge is 2.17. The van der Waals surface area contributed by atoms with Gasteiger partial charge in [-0.25, -0.2) is 4.79 Å². The molecule has 1 aromatic carbocycles. The van der Waals surface area contributed by atoms with Gasteiger partial charge >= 0.3 is 5.97 Å². The average Bonchev–Trinajstić information content (AvgIpc) is 2.98. The van der Waals surface area contributed by atoms with Gasteiger partial charge < -0.3 is 9.47 Å². The highest BCUT2D eigenvalue weighted by atomic mass is 35.5. The van der Waals surface area contributed by atoms with Gasteiger partial charge in [0.05, 0.1) is 16.3 Å². The van der Waals surface area contributed by atoms with E-state index in [0.29, 0.717) is 15.0 Å². The average molecular weight is 357 g/mol. The monoisotopic (exact) mass is 356 g/mol. The molecule has 2 aromatic rings. The van der Waals surface area contributed by atoms with Gasteiger partial charge in [0.15, 0.2) is 6.61 Å². The molecule has 0 saturated heterocycles. The van der Waals surface area contributed by atoms with Crippen LogP contribution in [0.1, 0.15) is 20.0 Å². The van der Waals surface area contributed by atoms with Crippen molar-refractivity contribution in [1.82, 2.24) is 0 Å². The van der Waals surface area contributed by atoms with Gasteiger partial charge in [-0.15, -0.1) is 23.1 Å². The minimum absolute atomic E-state index is 0.287. The van der Waals surface area contributed by atoms with Crippen molar-refractivity contribution in [2.45, 2.75) is 4.90 Å². The first kappa shape index (κ1) is 16.9.